The molecule has 7 heteroatoms. The molecule has 0 aliphatic carbocycles. The fraction of sp³-hybridized carbons (Fsp3) is 0.231. The van der Waals surface area contributed by atoms with E-state index >= 15 is 0 Å². The summed E-state index contributed by atoms with van der Waals surface area (Å²) in [5.41, 5.74) is 2.38. The maximum atomic E-state index is 12.9. The van der Waals surface area contributed by atoms with Gasteiger partial charge in [-0.2, -0.15) is 0 Å². The summed E-state index contributed by atoms with van der Waals surface area (Å²) >= 11 is 0. The normalized spacial score (nSPS) is 11.2. The molecule has 0 saturated carbocycles. The summed E-state index contributed by atoms with van der Waals surface area (Å²) in [5, 5.41) is 5.51. The van der Waals surface area contributed by atoms with Gasteiger partial charge in [-0.25, -0.2) is 0 Å². The topological polar surface area (TPSA) is 89.8 Å². The van der Waals surface area contributed by atoms with Gasteiger partial charge in [-0.15, -0.1) is 0 Å². The number of hydrogen-bond donors (Lipinski definition) is 2. The van der Waals surface area contributed by atoms with E-state index in [0.717, 1.165) is 11.1 Å². The highest BCUT2D eigenvalue weighted by atomic mass is 16.5. The second-order valence-electron chi connectivity index (χ2n) is 7.73. The fourth-order valence-corrected chi connectivity index (χ4v) is 3.02. The standard InChI is InChI=1S/C26H28N2O5/c1-17(2)33-23-12-9-19(14-24(23)31-4)16-27-26(30)22(15-21-6-5-13-32-21)28-25(29)20-10-7-18(3)8-11-20/h5-15,17H,16H2,1-4H3,(H,27,30)(H,28,29)/b22-15-. The summed E-state index contributed by atoms with van der Waals surface area (Å²) in [6.07, 6.45) is 2.99. The zero-order valence-corrected chi connectivity index (χ0v) is 19.2. The SMILES string of the molecule is COc1cc(CNC(=O)/C(=C/c2ccco2)NC(=O)c2ccc(C)cc2)ccc1OC(C)C. The number of carbonyl (C=O) groups excluding carboxylic acids is 2. The molecule has 0 bridgehead atoms. The Morgan fingerprint density at radius 3 is 2.45 bits per heavy atom. The Morgan fingerprint density at radius 1 is 1.06 bits per heavy atom. The van der Waals surface area contributed by atoms with E-state index in [9.17, 15) is 9.59 Å². The predicted octanol–water partition coefficient (Wildman–Crippen LogP) is 4.47. The number of nitrogens with one attached hydrogen (secondary N) is 2. The van der Waals surface area contributed by atoms with Gasteiger partial charge >= 0.3 is 0 Å². The molecule has 0 fully saturated rings. The van der Waals surface area contributed by atoms with Crippen LogP contribution in [0.5, 0.6) is 11.5 Å². The van der Waals surface area contributed by atoms with Crippen molar-refractivity contribution in [3.63, 3.8) is 0 Å². The highest BCUT2D eigenvalue weighted by molar-refractivity contribution is 6.05. The lowest BCUT2D eigenvalue weighted by Gasteiger charge is -2.15. The molecule has 0 spiro atoms. The zero-order valence-electron chi connectivity index (χ0n) is 19.2. The van der Waals surface area contributed by atoms with Gasteiger partial charge in [-0.3, -0.25) is 9.59 Å². The van der Waals surface area contributed by atoms with Gasteiger partial charge in [0.25, 0.3) is 11.8 Å². The van der Waals surface area contributed by atoms with Gasteiger partial charge in [0.1, 0.15) is 11.5 Å². The molecular weight excluding hydrogens is 420 g/mol. The number of furan rings is 1. The summed E-state index contributed by atoms with van der Waals surface area (Å²) in [5.74, 6) is 0.815. The molecule has 0 saturated heterocycles. The molecule has 2 aromatic carbocycles. The Balaban J connectivity index is 1.74. The first kappa shape index (κ1) is 23.7. The average Bonchev–Trinajstić information content (AvgIpc) is 3.31. The van der Waals surface area contributed by atoms with Crippen LogP contribution in [0.15, 0.2) is 71.0 Å². The third-order valence-corrected chi connectivity index (χ3v) is 4.68. The van der Waals surface area contributed by atoms with Gasteiger partial charge < -0.3 is 24.5 Å². The molecule has 0 aliphatic heterocycles. The lowest BCUT2D eigenvalue weighted by molar-refractivity contribution is -0.117. The zero-order chi connectivity index (χ0) is 23.8. The highest BCUT2D eigenvalue weighted by Gasteiger charge is 2.16. The Labute approximate surface area is 193 Å². The van der Waals surface area contributed by atoms with Crippen molar-refractivity contribution in [1.82, 2.24) is 10.6 Å². The van der Waals surface area contributed by atoms with Gasteiger partial charge in [0.05, 0.1) is 19.5 Å². The molecule has 1 heterocycles. The van der Waals surface area contributed by atoms with E-state index < -0.39 is 5.91 Å². The minimum absolute atomic E-state index is 0.0101. The van der Waals surface area contributed by atoms with E-state index in [4.69, 9.17) is 13.9 Å². The first-order valence-corrected chi connectivity index (χ1v) is 10.6. The lowest BCUT2D eigenvalue weighted by atomic mass is 10.1. The van der Waals surface area contributed by atoms with Crippen LogP contribution in [0.25, 0.3) is 6.08 Å². The second kappa shape index (κ2) is 11.0. The molecule has 7 nitrogen and oxygen atoms in total. The van der Waals surface area contributed by atoms with Crippen molar-refractivity contribution < 1.29 is 23.5 Å². The van der Waals surface area contributed by atoms with Gasteiger partial charge in [-0.1, -0.05) is 23.8 Å². The Morgan fingerprint density at radius 2 is 1.82 bits per heavy atom. The minimum Gasteiger partial charge on any atom is -0.493 e. The van der Waals surface area contributed by atoms with Crippen molar-refractivity contribution in [1.29, 1.82) is 0 Å². The number of hydrogen-bond acceptors (Lipinski definition) is 5. The van der Waals surface area contributed by atoms with Gasteiger partial charge in [0.2, 0.25) is 0 Å². The number of benzene rings is 2. The molecule has 0 radical (unpaired) electrons. The smallest absolute Gasteiger partial charge is 0.268 e. The van der Waals surface area contributed by atoms with Crippen molar-refractivity contribution in [2.75, 3.05) is 7.11 Å². The third-order valence-electron chi connectivity index (χ3n) is 4.68. The first-order valence-electron chi connectivity index (χ1n) is 10.6. The Hall–Kier alpha value is -4.00. The number of methoxy groups -OCH3 is 1. The van der Waals surface area contributed by atoms with E-state index in [-0.39, 0.29) is 24.3 Å². The number of amides is 2. The van der Waals surface area contributed by atoms with Crippen LogP contribution < -0.4 is 20.1 Å². The first-order chi connectivity index (χ1) is 15.9. The molecule has 0 unspecified atom stereocenters. The van der Waals surface area contributed by atoms with E-state index in [0.29, 0.717) is 22.8 Å². The maximum Gasteiger partial charge on any atom is 0.268 e. The molecule has 2 N–H and O–H groups in total. The van der Waals surface area contributed by atoms with E-state index in [1.165, 1.54) is 12.3 Å². The molecule has 172 valence electrons. The van der Waals surface area contributed by atoms with E-state index in [2.05, 4.69) is 10.6 Å². The average molecular weight is 449 g/mol. The summed E-state index contributed by atoms with van der Waals surface area (Å²) in [6.45, 7) is 6.04. The van der Waals surface area contributed by atoms with Crippen LogP contribution in [-0.4, -0.2) is 25.0 Å². The number of ether oxygens (including phenoxy) is 2. The van der Waals surface area contributed by atoms with Gasteiger partial charge in [-0.05, 0) is 62.7 Å². The monoisotopic (exact) mass is 448 g/mol. The summed E-state index contributed by atoms with van der Waals surface area (Å²) < 4.78 is 16.4. The molecule has 3 rings (SSSR count). The van der Waals surface area contributed by atoms with Crippen LogP contribution in [0.4, 0.5) is 0 Å². The van der Waals surface area contributed by atoms with E-state index in [1.54, 1.807) is 43.5 Å². The van der Waals surface area contributed by atoms with Crippen molar-refractivity contribution in [3.8, 4) is 11.5 Å². The molecule has 1 aromatic heterocycles. The fourth-order valence-electron chi connectivity index (χ4n) is 3.02. The molecule has 0 atom stereocenters. The quantitative estimate of drug-likeness (QED) is 0.472. The number of carbonyl (C=O) groups is 2. The van der Waals surface area contributed by atoms with Crippen LogP contribution in [0.1, 0.15) is 41.1 Å². The lowest BCUT2D eigenvalue weighted by Crippen LogP contribution is -2.34. The number of aryl methyl sites for hydroxylation is 1. The predicted molar refractivity (Wildman–Crippen MR) is 126 cm³/mol. The van der Waals surface area contributed by atoms with Gasteiger partial charge in [0.15, 0.2) is 11.5 Å². The van der Waals surface area contributed by atoms with Crippen molar-refractivity contribution in [2.45, 2.75) is 33.4 Å². The minimum atomic E-state index is -0.451. The van der Waals surface area contributed by atoms with E-state index in [1.807, 2.05) is 39.0 Å². The Bertz CT molecular complexity index is 1120. The Kier molecular flexibility index (Phi) is 7.91. The molecule has 2 amide bonds. The maximum absolute atomic E-state index is 12.9. The third kappa shape index (κ3) is 6.74. The highest BCUT2D eigenvalue weighted by Crippen LogP contribution is 2.29. The summed E-state index contributed by atoms with van der Waals surface area (Å²) in [4.78, 5) is 25.6. The molecule has 0 aliphatic rings. The molecular formula is C26H28N2O5. The molecule has 33 heavy (non-hydrogen) atoms. The van der Waals surface area contributed by atoms with Crippen molar-refractivity contribution in [3.05, 3.63) is 89.0 Å². The van der Waals surface area contributed by atoms with Crippen LogP contribution in [-0.2, 0) is 11.3 Å². The van der Waals surface area contributed by atoms with Crippen molar-refractivity contribution >= 4 is 17.9 Å². The molecule has 3 aromatic rings. The van der Waals surface area contributed by atoms with Crippen LogP contribution in [0, 0.1) is 6.92 Å². The largest absolute Gasteiger partial charge is 0.493 e. The summed E-state index contributed by atoms with van der Waals surface area (Å²) in [6, 6.07) is 16.0. The summed E-state index contributed by atoms with van der Waals surface area (Å²) in [7, 11) is 1.57. The van der Waals surface area contributed by atoms with Crippen LogP contribution in [0.2, 0.25) is 0 Å². The second-order valence-corrected chi connectivity index (χ2v) is 7.73. The number of rotatable bonds is 9. The van der Waals surface area contributed by atoms with Crippen LogP contribution in [0.3, 0.4) is 0 Å². The van der Waals surface area contributed by atoms with Gasteiger partial charge in [0, 0.05) is 18.2 Å². The van der Waals surface area contributed by atoms with Crippen molar-refractivity contribution in [2.24, 2.45) is 0 Å². The van der Waals surface area contributed by atoms with Crippen LogP contribution >= 0.6 is 0 Å².